The molecule has 0 radical (unpaired) electrons. The highest BCUT2D eigenvalue weighted by molar-refractivity contribution is 9.10. The third-order valence-electron chi connectivity index (χ3n) is 3.06. The number of aryl methyl sites for hydroxylation is 1. The maximum Gasteiger partial charge on any atom is 0.161 e. The zero-order chi connectivity index (χ0) is 14.7. The molecule has 0 spiro atoms. The minimum Gasteiger partial charge on any atom is -0.493 e. The predicted octanol–water partition coefficient (Wildman–Crippen LogP) is 5.10. The lowest BCUT2D eigenvalue weighted by Crippen LogP contribution is -1.97. The predicted molar refractivity (Wildman–Crippen MR) is 86.1 cm³/mol. The first-order valence-electron chi connectivity index (χ1n) is 6.18. The molecule has 0 amide bonds. The third kappa shape index (κ3) is 3.28. The molecule has 0 saturated carbocycles. The molecule has 2 aromatic rings. The van der Waals surface area contributed by atoms with Gasteiger partial charge in [-0.2, -0.15) is 0 Å². The van der Waals surface area contributed by atoms with Crippen LogP contribution in [0.2, 0.25) is 0 Å². The largest absolute Gasteiger partial charge is 0.493 e. The summed E-state index contributed by atoms with van der Waals surface area (Å²) in [5, 5.41) is -0.231. The Morgan fingerprint density at radius 1 is 0.950 bits per heavy atom. The Kier molecular flexibility index (Phi) is 4.95. The average Bonchev–Trinajstić information content (AvgIpc) is 2.44. The van der Waals surface area contributed by atoms with E-state index in [1.54, 1.807) is 14.2 Å². The number of hydrogen-bond donors (Lipinski definition) is 0. The maximum absolute atomic E-state index is 6.58. The van der Waals surface area contributed by atoms with Crippen molar-refractivity contribution < 1.29 is 9.47 Å². The van der Waals surface area contributed by atoms with Gasteiger partial charge in [-0.25, -0.2) is 0 Å². The average molecular weight is 356 g/mol. The lowest BCUT2D eigenvalue weighted by Gasteiger charge is -2.14. The van der Waals surface area contributed by atoms with E-state index < -0.39 is 0 Å². The van der Waals surface area contributed by atoms with Crippen LogP contribution < -0.4 is 9.47 Å². The van der Waals surface area contributed by atoms with Crippen LogP contribution in [0.25, 0.3) is 0 Å². The van der Waals surface area contributed by atoms with Gasteiger partial charge in [-0.15, -0.1) is 11.6 Å². The molecule has 0 aliphatic carbocycles. The van der Waals surface area contributed by atoms with Gasteiger partial charge in [-0.3, -0.25) is 0 Å². The molecule has 0 fully saturated rings. The van der Waals surface area contributed by atoms with Crippen molar-refractivity contribution >= 4 is 27.5 Å². The molecule has 2 nitrogen and oxygen atoms in total. The molecule has 0 aliphatic heterocycles. The van der Waals surface area contributed by atoms with Crippen LogP contribution in [0.3, 0.4) is 0 Å². The lowest BCUT2D eigenvalue weighted by molar-refractivity contribution is 0.354. The minimum atomic E-state index is -0.231. The second kappa shape index (κ2) is 6.51. The molecule has 1 atom stereocenters. The lowest BCUT2D eigenvalue weighted by atomic mass is 10.0. The molecule has 0 N–H and O–H groups in total. The van der Waals surface area contributed by atoms with E-state index in [2.05, 4.69) is 28.1 Å². The summed E-state index contributed by atoms with van der Waals surface area (Å²) in [6.07, 6.45) is 0. The third-order valence-corrected chi connectivity index (χ3v) is 4.02. The second-order valence-electron chi connectivity index (χ2n) is 4.54. The Hall–Kier alpha value is -1.19. The Balaban J connectivity index is 2.39. The fourth-order valence-electron chi connectivity index (χ4n) is 2.11. The smallest absolute Gasteiger partial charge is 0.161 e. The van der Waals surface area contributed by atoms with Crippen molar-refractivity contribution in [2.45, 2.75) is 12.3 Å². The quantitative estimate of drug-likeness (QED) is 0.710. The van der Waals surface area contributed by atoms with E-state index in [1.807, 2.05) is 31.2 Å². The summed E-state index contributed by atoms with van der Waals surface area (Å²) in [5.41, 5.74) is 3.19. The van der Waals surface area contributed by atoms with Crippen LogP contribution >= 0.6 is 27.5 Å². The SMILES string of the molecule is COc1ccc(C(Cl)c2cc(C)cc(Br)c2)cc1OC. The van der Waals surface area contributed by atoms with Crippen LogP contribution in [0, 0.1) is 6.92 Å². The first kappa shape index (κ1) is 15.2. The maximum atomic E-state index is 6.58. The number of rotatable bonds is 4. The monoisotopic (exact) mass is 354 g/mol. The van der Waals surface area contributed by atoms with E-state index in [-0.39, 0.29) is 5.38 Å². The van der Waals surface area contributed by atoms with Crippen LogP contribution in [0.1, 0.15) is 22.1 Å². The first-order chi connectivity index (χ1) is 9.55. The molecule has 0 aromatic heterocycles. The Morgan fingerprint density at radius 2 is 1.65 bits per heavy atom. The zero-order valence-corrected chi connectivity index (χ0v) is 14.0. The molecule has 0 saturated heterocycles. The topological polar surface area (TPSA) is 18.5 Å². The zero-order valence-electron chi connectivity index (χ0n) is 11.6. The molecule has 20 heavy (non-hydrogen) atoms. The number of methoxy groups -OCH3 is 2. The summed E-state index contributed by atoms with van der Waals surface area (Å²) in [6.45, 7) is 2.05. The van der Waals surface area contributed by atoms with Gasteiger partial charge < -0.3 is 9.47 Å². The fourth-order valence-corrected chi connectivity index (χ4v) is 3.00. The van der Waals surface area contributed by atoms with E-state index in [0.29, 0.717) is 11.5 Å². The highest BCUT2D eigenvalue weighted by Gasteiger charge is 2.14. The molecular weight excluding hydrogens is 340 g/mol. The fraction of sp³-hybridized carbons (Fsp3) is 0.250. The molecule has 0 heterocycles. The van der Waals surface area contributed by atoms with Crippen LogP contribution in [-0.2, 0) is 0 Å². The van der Waals surface area contributed by atoms with Crippen LogP contribution in [-0.4, -0.2) is 14.2 Å². The molecule has 4 heteroatoms. The highest BCUT2D eigenvalue weighted by Crippen LogP contribution is 2.36. The van der Waals surface area contributed by atoms with E-state index in [1.165, 1.54) is 5.56 Å². The number of halogens is 2. The molecule has 2 aromatic carbocycles. The number of alkyl halides is 1. The summed E-state index contributed by atoms with van der Waals surface area (Å²) < 4.78 is 11.6. The van der Waals surface area contributed by atoms with Gasteiger partial charge in [0.1, 0.15) is 0 Å². The molecule has 106 valence electrons. The van der Waals surface area contributed by atoms with E-state index in [9.17, 15) is 0 Å². The van der Waals surface area contributed by atoms with Crippen molar-refractivity contribution in [1.82, 2.24) is 0 Å². The second-order valence-corrected chi connectivity index (χ2v) is 5.89. The Labute approximate surface area is 132 Å². The van der Waals surface area contributed by atoms with Crippen molar-refractivity contribution in [1.29, 1.82) is 0 Å². The van der Waals surface area contributed by atoms with Crippen LogP contribution in [0.15, 0.2) is 40.9 Å². The van der Waals surface area contributed by atoms with Crippen molar-refractivity contribution in [3.63, 3.8) is 0 Å². The molecule has 0 bridgehead atoms. The Bertz CT molecular complexity index is 593. The van der Waals surface area contributed by atoms with Crippen molar-refractivity contribution in [2.24, 2.45) is 0 Å². The van der Waals surface area contributed by atoms with Crippen molar-refractivity contribution in [2.75, 3.05) is 14.2 Å². The van der Waals surface area contributed by atoms with Crippen molar-refractivity contribution in [3.8, 4) is 11.5 Å². The molecular formula is C16H16BrClO2. The van der Waals surface area contributed by atoms with Gasteiger partial charge in [0.05, 0.1) is 19.6 Å². The van der Waals surface area contributed by atoms with E-state index in [0.717, 1.165) is 15.6 Å². The normalized spacial score (nSPS) is 12.1. The minimum absolute atomic E-state index is 0.231. The summed E-state index contributed by atoms with van der Waals surface area (Å²) >= 11 is 10.1. The van der Waals surface area contributed by atoms with Gasteiger partial charge in [0.2, 0.25) is 0 Å². The van der Waals surface area contributed by atoms with E-state index >= 15 is 0 Å². The highest BCUT2D eigenvalue weighted by atomic mass is 79.9. The number of hydrogen-bond acceptors (Lipinski definition) is 2. The summed E-state index contributed by atoms with van der Waals surface area (Å²) in [4.78, 5) is 0. The van der Waals surface area contributed by atoms with Crippen molar-refractivity contribution in [3.05, 3.63) is 57.6 Å². The summed E-state index contributed by atoms with van der Waals surface area (Å²) in [7, 11) is 3.24. The molecule has 2 rings (SSSR count). The molecule has 1 unspecified atom stereocenters. The Morgan fingerprint density at radius 3 is 2.25 bits per heavy atom. The van der Waals surface area contributed by atoms with E-state index in [4.69, 9.17) is 21.1 Å². The number of ether oxygens (including phenoxy) is 2. The van der Waals surface area contributed by atoms with Crippen LogP contribution in [0.4, 0.5) is 0 Å². The van der Waals surface area contributed by atoms with Gasteiger partial charge >= 0.3 is 0 Å². The van der Waals surface area contributed by atoms with Gasteiger partial charge in [-0.1, -0.05) is 28.1 Å². The summed E-state index contributed by atoms with van der Waals surface area (Å²) in [6, 6.07) is 11.9. The van der Waals surface area contributed by atoms with Gasteiger partial charge in [0.15, 0.2) is 11.5 Å². The van der Waals surface area contributed by atoms with Gasteiger partial charge in [-0.05, 0) is 47.9 Å². The van der Waals surface area contributed by atoms with Crippen LogP contribution in [0.5, 0.6) is 11.5 Å². The molecule has 0 aliphatic rings. The first-order valence-corrected chi connectivity index (χ1v) is 7.41. The standard InChI is InChI=1S/C16H16BrClO2/c1-10-6-12(8-13(17)7-10)16(18)11-4-5-14(19-2)15(9-11)20-3/h4-9,16H,1-3H3. The summed E-state index contributed by atoms with van der Waals surface area (Å²) in [5.74, 6) is 1.38. The van der Waals surface area contributed by atoms with Gasteiger partial charge in [0.25, 0.3) is 0 Å². The van der Waals surface area contributed by atoms with Gasteiger partial charge in [0, 0.05) is 4.47 Å². The number of benzene rings is 2.